The van der Waals surface area contributed by atoms with Crippen LogP contribution in [0.15, 0.2) is 90.4 Å². The van der Waals surface area contributed by atoms with Crippen LogP contribution in [0.4, 0.5) is 29.2 Å². The van der Waals surface area contributed by atoms with E-state index in [2.05, 4.69) is 66.9 Å². The molecule has 1 aromatic carbocycles. The summed E-state index contributed by atoms with van der Waals surface area (Å²) >= 11 is 0. The summed E-state index contributed by atoms with van der Waals surface area (Å²) in [5.74, 6) is 2.89. The van der Waals surface area contributed by atoms with Crippen molar-refractivity contribution < 1.29 is 9.47 Å². The first-order valence-electron chi connectivity index (χ1n) is 18.8. The minimum Gasteiger partial charge on any atom is -0.378 e. The first-order chi connectivity index (χ1) is 26.9. The van der Waals surface area contributed by atoms with Crippen LogP contribution < -0.4 is 26.0 Å². The zero-order valence-corrected chi connectivity index (χ0v) is 31.2. The summed E-state index contributed by atoms with van der Waals surface area (Å²) in [4.78, 5) is 46.5. The second-order valence-corrected chi connectivity index (χ2v) is 14.0. The Labute approximate surface area is 319 Å². The van der Waals surface area contributed by atoms with Crippen LogP contribution in [0.5, 0.6) is 0 Å². The van der Waals surface area contributed by atoms with Crippen LogP contribution in [0, 0.1) is 6.92 Å². The van der Waals surface area contributed by atoms with Gasteiger partial charge in [0.15, 0.2) is 0 Å². The zero-order valence-electron chi connectivity index (χ0n) is 31.2. The number of nitrogens with zero attached hydrogens (tertiary/aromatic N) is 10. The molecule has 282 valence electrons. The molecule has 14 heteroatoms. The van der Waals surface area contributed by atoms with E-state index < -0.39 is 0 Å². The van der Waals surface area contributed by atoms with Crippen LogP contribution in [0.3, 0.4) is 0 Å². The second kappa shape index (κ2) is 16.2. The van der Waals surface area contributed by atoms with Gasteiger partial charge in [-0.25, -0.2) is 19.9 Å². The van der Waals surface area contributed by atoms with Gasteiger partial charge in [-0.15, -0.1) is 0 Å². The maximum Gasteiger partial charge on any atom is 0.259 e. The zero-order chi connectivity index (χ0) is 37.7. The molecule has 14 nitrogen and oxygen atoms in total. The van der Waals surface area contributed by atoms with Crippen LogP contribution in [0.25, 0.3) is 16.9 Å². The number of rotatable bonds is 7. The Bertz CT molecular complexity index is 2290. The van der Waals surface area contributed by atoms with Crippen LogP contribution in [-0.2, 0) is 22.3 Å². The standard InChI is InChI=1S/C22H25N3O2.C19H20N8O/c1-16-12-19(17(2)13-18-6-4-3-5-7-18)22-23-20(14-21(26)25(22)15-16)24-8-10-27-11-9-24;20-18-22-11-13(12-23-18)16-15-3-6-27(14-1-4-21-5-2-14)17(15)25-19(24-16)26-7-9-28-10-8-26/h3-7,12,14-15,17H,8-11,13H2,1-2H3;1-2,4-5,11-12H,3,6-10H2,(H2,20,22,23). The fourth-order valence-corrected chi connectivity index (χ4v) is 7.38. The molecule has 0 aliphatic carbocycles. The van der Waals surface area contributed by atoms with E-state index in [9.17, 15) is 4.79 Å². The Morgan fingerprint density at radius 3 is 2.24 bits per heavy atom. The van der Waals surface area contributed by atoms with E-state index in [1.165, 1.54) is 5.56 Å². The molecule has 0 bridgehead atoms. The number of benzene rings is 1. The molecular weight excluding hydrogens is 695 g/mol. The largest absolute Gasteiger partial charge is 0.378 e. The van der Waals surface area contributed by atoms with Gasteiger partial charge in [0.2, 0.25) is 11.9 Å². The second-order valence-electron chi connectivity index (χ2n) is 14.0. The number of anilines is 5. The molecule has 2 N–H and O–H groups in total. The molecule has 2 fully saturated rings. The third kappa shape index (κ3) is 7.96. The molecule has 0 spiro atoms. The molecular formula is C41H45N11O3. The van der Waals surface area contributed by atoms with E-state index in [-0.39, 0.29) is 17.4 Å². The molecule has 55 heavy (non-hydrogen) atoms. The van der Waals surface area contributed by atoms with Gasteiger partial charge in [-0.1, -0.05) is 43.3 Å². The highest BCUT2D eigenvalue weighted by Gasteiger charge is 2.29. The summed E-state index contributed by atoms with van der Waals surface area (Å²) in [6.45, 7) is 10.8. The number of fused-ring (bicyclic) bond motifs is 2. The molecule has 1 atom stereocenters. The molecule has 9 rings (SSSR count). The van der Waals surface area contributed by atoms with Gasteiger partial charge in [-0.3, -0.25) is 14.2 Å². The van der Waals surface area contributed by atoms with Crippen LogP contribution in [0.1, 0.15) is 35.1 Å². The highest BCUT2D eigenvalue weighted by molar-refractivity contribution is 5.76. The van der Waals surface area contributed by atoms with Crippen LogP contribution >= 0.6 is 0 Å². The topological polar surface area (TPSA) is 153 Å². The number of aromatic nitrogens is 7. The average Bonchev–Trinajstić information content (AvgIpc) is 3.67. The molecule has 0 saturated carbocycles. The lowest BCUT2D eigenvalue weighted by Gasteiger charge is -2.28. The van der Waals surface area contributed by atoms with E-state index in [4.69, 9.17) is 30.2 Å². The molecule has 5 aromatic heterocycles. The fraction of sp³-hybridized carbons (Fsp3) is 0.341. The maximum atomic E-state index is 12.8. The van der Waals surface area contributed by atoms with Crippen LogP contribution in [0.2, 0.25) is 0 Å². The van der Waals surface area contributed by atoms with Gasteiger partial charge >= 0.3 is 0 Å². The third-order valence-corrected chi connectivity index (χ3v) is 10.2. The lowest BCUT2D eigenvalue weighted by atomic mass is 9.93. The van der Waals surface area contributed by atoms with E-state index >= 15 is 0 Å². The van der Waals surface area contributed by atoms with Gasteiger partial charge in [0.1, 0.15) is 17.3 Å². The summed E-state index contributed by atoms with van der Waals surface area (Å²) in [7, 11) is 0. The molecule has 8 heterocycles. The minimum atomic E-state index is -0.0293. The summed E-state index contributed by atoms with van der Waals surface area (Å²) in [6.07, 6.45) is 10.7. The van der Waals surface area contributed by atoms with Crippen molar-refractivity contribution in [3.05, 3.63) is 118 Å². The van der Waals surface area contributed by atoms with Crippen molar-refractivity contribution in [2.75, 3.05) is 79.6 Å². The van der Waals surface area contributed by atoms with Crippen LogP contribution in [-0.4, -0.2) is 93.5 Å². The van der Waals surface area contributed by atoms with Crippen molar-refractivity contribution in [3.63, 3.8) is 0 Å². The smallest absolute Gasteiger partial charge is 0.259 e. The summed E-state index contributed by atoms with van der Waals surface area (Å²) < 4.78 is 12.6. The lowest BCUT2D eigenvalue weighted by molar-refractivity contribution is 0.122. The van der Waals surface area contributed by atoms with E-state index in [1.54, 1.807) is 35.3 Å². The average molecular weight is 740 g/mol. The fourth-order valence-electron chi connectivity index (χ4n) is 7.38. The number of aryl methyl sites for hydroxylation is 1. The van der Waals surface area contributed by atoms with E-state index in [0.717, 1.165) is 96.5 Å². The van der Waals surface area contributed by atoms with Crippen molar-refractivity contribution >= 4 is 34.9 Å². The van der Waals surface area contributed by atoms with Crippen molar-refractivity contribution in [3.8, 4) is 11.3 Å². The van der Waals surface area contributed by atoms with Crippen molar-refractivity contribution in [1.29, 1.82) is 0 Å². The Balaban J connectivity index is 0.000000155. The normalized spacial score (nSPS) is 16.1. The third-order valence-electron chi connectivity index (χ3n) is 10.2. The number of morpholine rings is 2. The molecule has 2 saturated heterocycles. The predicted molar refractivity (Wildman–Crippen MR) is 213 cm³/mol. The number of ether oxygens (including phenoxy) is 2. The first-order valence-corrected chi connectivity index (χ1v) is 18.8. The Hall–Kier alpha value is -5.99. The number of hydrogen-bond acceptors (Lipinski definition) is 13. The van der Waals surface area contributed by atoms with Gasteiger partial charge in [-0.05, 0) is 54.5 Å². The quantitative estimate of drug-likeness (QED) is 0.243. The molecule has 6 aromatic rings. The van der Waals surface area contributed by atoms with Gasteiger partial charge in [-0.2, -0.15) is 4.98 Å². The number of nitrogen functional groups attached to an aromatic ring is 1. The highest BCUT2D eigenvalue weighted by atomic mass is 16.5. The number of nitrogens with two attached hydrogens (primary N) is 1. The molecule has 0 radical (unpaired) electrons. The van der Waals surface area contributed by atoms with Crippen molar-refractivity contribution in [2.45, 2.75) is 32.6 Å². The number of hydrogen-bond donors (Lipinski definition) is 1. The monoisotopic (exact) mass is 739 g/mol. The number of pyridine rings is 2. The van der Waals surface area contributed by atoms with E-state index in [1.807, 2.05) is 31.3 Å². The molecule has 1 unspecified atom stereocenters. The summed E-state index contributed by atoms with van der Waals surface area (Å²) in [5, 5.41) is 0. The SMILES string of the molecule is Cc1cc(C(C)Cc2ccccc2)c2nc(N3CCOCC3)cc(=O)n2c1.Nc1ncc(-c2nc(N3CCOCC3)nc3c2CCN3c2ccncc2)cn1. The summed E-state index contributed by atoms with van der Waals surface area (Å²) in [5.41, 5.74) is 13.8. The van der Waals surface area contributed by atoms with E-state index in [0.29, 0.717) is 32.4 Å². The van der Waals surface area contributed by atoms with Gasteiger partial charge in [0.25, 0.3) is 5.56 Å². The lowest BCUT2D eigenvalue weighted by Crippen LogP contribution is -2.37. The minimum absolute atomic E-state index is 0.0293. The molecule has 3 aliphatic heterocycles. The Morgan fingerprint density at radius 1 is 0.836 bits per heavy atom. The van der Waals surface area contributed by atoms with Crippen molar-refractivity contribution in [2.24, 2.45) is 0 Å². The first kappa shape index (κ1) is 36.0. The molecule has 0 amide bonds. The van der Waals surface area contributed by atoms with Gasteiger partial charge in [0.05, 0.1) is 32.1 Å². The van der Waals surface area contributed by atoms with Gasteiger partial charge < -0.3 is 29.9 Å². The highest BCUT2D eigenvalue weighted by Crippen LogP contribution is 2.39. The van der Waals surface area contributed by atoms with Gasteiger partial charge in [0, 0.05) is 86.6 Å². The van der Waals surface area contributed by atoms with Crippen molar-refractivity contribution in [1.82, 2.24) is 34.3 Å². The predicted octanol–water partition coefficient (Wildman–Crippen LogP) is 4.63. The molecule has 3 aliphatic rings. The summed E-state index contributed by atoms with van der Waals surface area (Å²) in [6, 6.07) is 18.3. The Morgan fingerprint density at radius 2 is 1.53 bits per heavy atom. The Kier molecular flexibility index (Phi) is 10.6. The maximum absolute atomic E-state index is 12.8.